The lowest BCUT2D eigenvalue weighted by molar-refractivity contribution is -0.147. The van der Waals surface area contributed by atoms with Gasteiger partial charge in [0.25, 0.3) is 0 Å². The van der Waals surface area contributed by atoms with Gasteiger partial charge in [0.2, 0.25) is 0 Å². The van der Waals surface area contributed by atoms with Crippen molar-refractivity contribution < 1.29 is 23.8 Å². The first-order chi connectivity index (χ1) is 11.2. The summed E-state index contributed by atoms with van der Waals surface area (Å²) in [6.07, 6.45) is 4.82. The molecule has 1 aromatic carbocycles. The molecule has 0 saturated carbocycles. The molecule has 120 valence electrons. The zero-order valence-electron chi connectivity index (χ0n) is 12.8. The van der Waals surface area contributed by atoms with Crippen LogP contribution in [0.1, 0.15) is 30.1 Å². The van der Waals surface area contributed by atoms with Crippen LogP contribution < -0.4 is 0 Å². The quantitative estimate of drug-likeness (QED) is 0.632. The van der Waals surface area contributed by atoms with Crippen molar-refractivity contribution in [3.05, 3.63) is 41.5 Å². The largest absolute Gasteiger partial charge is 0.466 e. The molecule has 1 aromatic rings. The van der Waals surface area contributed by atoms with Crippen LogP contribution in [0.4, 0.5) is 0 Å². The van der Waals surface area contributed by atoms with E-state index in [1.54, 1.807) is 6.08 Å². The number of fused-ring (bicyclic) bond motifs is 5. The zero-order chi connectivity index (χ0) is 16.0. The summed E-state index contributed by atoms with van der Waals surface area (Å²) >= 11 is 0. The van der Waals surface area contributed by atoms with Crippen LogP contribution in [0.5, 0.6) is 0 Å². The normalized spacial score (nSPS) is 34.7. The highest BCUT2D eigenvalue weighted by Gasteiger charge is 2.61. The first-order valence-corrected chi connectivity index (χ1v) is 7.90. The van der Waals surface area contributed by atoms with E-state index < -0.39 is 5.97 Å². The maximum atomic E-state index is 12.3. The monoisotopic (exact) mass is 314 g/mol. The molecule has 0 N–H and O–H groups in total. The SMILES string of the molecule is COC(=O)/C=C/c1ccccc1[C@H]1OC(=O)[C@H]2[C@@H]1[C@@H]1CC[C@H]2O1. The molecular formula is C18H18O5. The Morgan fingerprint density at radius 3 is 2.87 bits per heavy atom. The Labute approximate surface area is 134 Å². The van der Waals surface area contributed by atoms with Gasteiger partial charge in [-0.25, -0.2) is 4.79 Å². The van der Waals surface area contributed by atoms with Gasteiger partial charge in [-0.05, 0) is 24.5 Å². The highest BCUT2D eigenvalue weighted by Crippen LogP contribution is 2.54. The van der Waals surface area contributed by atoms with E-state index in [-0.39, 0.29) is 36.1 Å². The van der Waals surface area contributed by atoms with Gasteiger partial charge in [-0.1, -0.05) is 24.3 Å². The number of methoxy groups -OCH3 is 1. The summed E-state index contributed by atoms with van der Waals surface area (Å²) in [6.45, 7) is 0. The average Bonchev–Trinajstić information content (AvgIpc) is 3.26. The molecule has 0 spiro atoms. The van der Waals surface area contributed by atoms with Crippen LogP contribution in [-0.4, -0.2) is 31.3 Å². The number of rotatable bonds is 3. The smallest absolute Gasteiger partial charge is 0.330 e. The fourth-order valence-electron chi connectivity index (χ4n) is 4.11. The van der Waals surface area contributed by atoms with Gasteiger partial charge in [0.1, 0.15) is 6.10 Å². The molecular weight excluding hydrogens is 296 g/mol. The Hall–Kier alpha value is -2.14. The van der Waals surface area contributed by atoms with Gasteiger partial charge in [-0.15, -0.1) is 0 Å². The number of benzene rings is 1. The Morgan fingerprint density at radius 2 is 2.04 bits per heavy atom. The van der Waals surface area contributed by atoms with Crippen LogP contribution >= 0.6 is 0 Å². The van der Waals surface area contributed by atoms with Gasteiger partial charge in [-0.2, -0.15) is 0 Å². The third-order valence-corrected chi connectivity index (χ3v) is 5.10. The van der Waals surface area contributed by atoms with Gasteiger partial charge in [0.15, 0.2) is 0 Å². The van der Waals surface area contributed by atoms with Gasteiger partial charge < -0.3 is 14.2 Å². The molecule has 3 saturated heterocycles. The standard InChI is InChI=1S/C18H18O5/c1-21-14(19)9-6-10-4-2-3-5-11(10)17-15-12-7-8-13(22-12)16(15)18(20)23-17/h2-6,9,12-13,15-17H,7-8H2,1H3/b9-6+/t12-,13+,15-,16+,17+/m0/s1. The van der Waals surface area contributed by atoms with E-state index >= 15 is 0 Å². The molecule has 0 amide bonds. The van der Waals surface area contributed by atoms with Crippen molar-refractivity contribution in [2.24, 2.45) is 11.8 Å². The van der Waals surface area contributed by atoms with E-state index in [2.05, 4.69) is 4.74 Å². The number of carbonyl (C=O) groups excluding carboxylic acids is 2. The molecule has 0 unspecified atom stereocenters. The molecule has 0 aliphatic carbocycles. The minimum atomic E-state index is -0.413. The maximum absolute atomic E-state index is 12.3. The molecule has 5 nitrogen and oxygen atoms in total. The second-order valence-corrected chi connectivity index (χ2v) is 6.24. The molecule has 3 aliphatic heterocycles. The lowest BCUT2D eigenvalue weighted by Crippen LogP contribution is -2.28. The topological polar surface area (TPSA) is 61.8 Å². The zero-order valence-corrected chi connectivity index (χ0v) is 12.8. The van der Waals surface area contributed by atoms with Crippen LogP contribution in [-0.2, 0) is 23.8 Å². The molecule has 2 bridgehead atoms. The van der Waals surface area contributed by atoms with Crippen LogP contribution in [0.3, 0.4) is 0 Å². The van der Waals surface area contributed by atoms with Crippen molar-refractivity contribution >= 4 is 18.0 Å². The molecule has 23 heavy (non-hydrogen) atoms. The third kappa shape index (κ3) is 2.27. The van der Waals surface area contributed by atoms with Crippen molar-refractivity contribution in [2.75, 3.05) is 7.11 Å². The summed E-state index contributed by atoms with van der Waals surface area (Å²) in [5.41, 5.74) is 1.78. The number of hydrogen-bond donors (Lipinski definition) is 0. The molecule has 5 atom stereocenters. The van der Waals surface area contributed by atoms with E-state index in [1.807, 2.05) is 24.3 Å². The number of cyclic esters (lactones) is 1. The van der Waals surface area contributed by atoms with E-state index in [0.29, 0.717) is 0 Å². The molecule has 4 rings (SSSR count). The number of esters is 2. The Balaban J connectivity index is 1.67. The van der Waals surface area contributed by atoms with Crippen molar-refractivity contribution in [2.45, 2.75) is 31.2 Å². The maximum Gasteiger partial charge on any atom is 0.330 e. The molecule has 3 fully saturated rings. The van der Waals surface area contributed by atoms with Crippen molar-refractivity contribution in [1.29, 1.82) is 0 Å². The van der Waals surface area contributed by atoms with E-state index in [4.69, 9.17) is 9.47 Å². The predicted molar refractivity (Wildman–Crippen MR) is 81.2 cm³/mol. The second kappa shape index (κ2) is 5.49. The molecule has 0 aromatic heterocycles. The number of hydrogen-bond acceptors (Lipinski definition) is 5. The van der Waals surface area contributed by atoms with Crippen molar-refractivity contribution in [1.82, 2.24) is 0 Å². The molecule has 5 heteroatoms. The fourth-order valence-corrected chi connectivity index (χ4v) is 4.11. The van der Waals surface area contributed by atoms with Crippen LogP contribution in [0, 0.1) is 11.8 Å². The summed E-state index contributed by atoms with van der Waals surface area (Å²) in [6, 6.07) is 7.67. The molecule has 3 heterocycles. The van der Waals surface area contributed by atoms with Gasteiger partial charge in [0.05, 0.1) is 25.2 Å². The van der Waals surface area contributed by atoms with Crippen molar-refractivity contribution in [3.8, 4) is 0 Å². The fraction of sp³-hybridized carbons (Fsp3) is 0.444. The lowest BCUT2D eigenvalue weighted by atomic mass is 9.76. The Morgan fingerprint density at radius 1 is 1.26 bits per heavy atom. The minimum absolute atomic E-state index is 0.0141. The summed E-state index contributed by atoms with van der Waals surface area (Å²) in [5, 5.41) is 0. The first kappa shape index (κ1) is 14.5. The molecule has 0 radical (unpaired) electrons. The Bertz CT molecular complexity index is 680. The van der Waals surface area contributed by atoms with Crippen LogP contribution in [0.25, 0.3) is 6.08 Å². The third-order valence-electron chi connectivity index (χ3n) is 5.10. The summed E-state index contributed by atoms with van der Waals surface area (Å²) in [7, 11) is 1.34. The lowest BCUT2D eigenvalue weighted by Gasteiger charge is -2.23. The van der Waals surface area contributed by atoms with Gasteiger partial charge in [0, 0.05) is 17.6 Å². The predicted octanol–water partition coefficient (Wildman–Crippen LogP) is 2.26. The first-order valence-electron chi connectivity index (χ1n) is 7.90. The summed E-state index contributed by atoms with van der Waals surface area (Å²) < 4.78 is 16.3. The van der Waals surface area contributed by atoms with E-state index in [9.17, 15) is 9.59 Å². The Kier molecular flexibility index (Phi) is 3.45. The minimum Gasteiger partial charge on any atom is -0.466 e. The van der Waals surface area contributed by atoms with Crippen LogP contribution in [0.15, 0.2) is 30.3 Å². The highest BCUT2D eigenvalue weighted by molar-refractivity contribution is 5.87. The average molecular weight is 314 g/mol. The van der Waals surface area contributed by atoms with E-state index in [1.165, 1.54) is 13.2 Å². The highest BCUT2D eigenvalue weighted by atomic mass is 16.6. The number of carbonyl (C=O) groups is 2. The van der Waals surface area contributed by atoms with Gasteiger partial charge >= 0.3 is 11.9 Å². The van der Waals surface area contributed by atoms with Crippen molar-refractivity contribution in [3.63, 3.8) is 0 Å². The summed E-state index contributed by atoms with van der Waals surface area (Å²) in [5.74, 6) is -0.631. The van der Waals surface area contributed by atoms with E-state index in [0.717, 1.165) is 24.0 Å². The summed E-state index contributed by atoms with van der Waals surface area (Å²) in [4.78, 5) is 23.6. The number of ether oxygens (including phenoxy) is 3. The second-order valence-electron chi connectivity index (χ2n) is 6.24. The van der Waals surface area contributed by atoms with Gasteiger partial charge in [-0.3, -0.25) is 4.79 Å². The molecule has 3 aliphatic rings. The van der Waals surface area contributed by atoms with Crippen LogP contribution in [0.2, 0.25) is 0 Å².